The number of nitrogens with zero attached hydrogens (tertiary/aromatic N) is 2. The van der Waals surface area contributed by atoms with Crippen molar-refractivity contribution in [1.82, 2.24) is 9.78 Å². The number of hydrogen-bond acceptors (Lipinski definition) is 6. The molecule has 1 fully saturated rings. The molecule has 1 aliphatic heterocycles. The van der Waals surface area contributed by atoms with Crippen LogP contribution in [0.4, 0.5) is 5.82 Å². The Kier molecular flexibility index (Phi) is 6.13. The Bertz CT molecular complexity index is 977. The molecule has 162 valence electrons. The zero-order valence-corrected chi connectivity index (χ0v) is 18.8. The monoisotopic (exact) mass is 431 g/mol. The number of ether oxygens (including phenoxy) is 3. The normalized spacial score (nSPS) is 19.6. The van der Waals surface area contributed by atoms with Crippen molar-refractivity contribution >= 4 is 22.6 Å². The molecule has 7 nitrogen and oxygen atoms in total. The fourth-order valence-electron chi connectivity index (χ4n) is 4.48. The van der Waals surface area contributed by atoms with E-state index in [2.05, 4.69) is 5.10 Å². The van der Waals surface area contributed by atoms with Crippen LogP contribution in [0.1, 0.15) is 67.9 Å². The van der Waals surface area contributed by atoms with Gasteiger partial charge in [0.25, 0.3) is 5.56 Å². The smallest absolute Gasteiger partial charge is 0.271 e. The topological polar surface area (TPSA) is 77.8 Å². The molecule has 0 saturated heterocycles. The highest BCUT2D eigenvalue weighted by molar-refractivity contribution is 8.14. The third-order valence-electron chi connectivity index (χ3n) is 5.93. The van der Waals surface area contributed by atoms with Gasteiger partial charge in [-0.3, -0.25) is 14.6 Å². The lowest BCUT2D eigenvalue weighted by Crippen LogP contribution is -2.14. The van der Waals surface area contributed by atoms with E-state index in [1.54, 1.807) is 33.1 Å². The second kappa shape index (κ2) is 8.79. The minimum absolute atomic E-state index is 0.0725. The highest BCUT2D eigenvalue weighted by atomic mass is 32.2. The zero-order valence-electron chi connectivity index (χ0n) is 18.0. The van der Waals surface area contributed by atoms with Gasteiger partial charge in [0.1, 0.15) is 0 Å². The van der Waals surface area contributed by atoms with Gasteiger partial charge in [0, 0.05) is 0 Å². The summed E-state index contributed by atoms with van der Waals surface area (Å²) in [4.78, 5) is 17.9. The van der Waals surface area contributed by atoms with Crippen molar-refractivity contribution in [2.24, 2.45) is 4.99 Å². The molecule has 1 N–H and O–H groups in total. The molecule has 1 atom stereocenters. The summed E-state index contributed by atoms with van der Waals surface area (Å²) < 4.78 is 18.6. The number of methoxy groups -OCH3 is 3. The quantitative estimate of drug-likeness (QED) is 0.675. The maximum atomic E-state index is 13.1. The largest absolute Gasteiger partial charge is 0.493 e. The van der Waals surface area contributed by atoms with Crippen LogP contribution in [0.25, 0.3) is 0 Å². The SMILES string of the molecule is COc1cc([C@@H]2SC(C)=Nc3c2c(=O)[nH]n3C2CCCCCC2)cc(OC)c1OC. The standard InChI is InChI=1S/C22H29N3O4S/c1-13-23-21-18(22(26)24-25(21)15-9-7-5-6-8-10-15)20(30-13)14-11-16(27-2)19(29-4)17(12-14)28-3/h11-12,15,20H,5-10H2,1-4H3,(H,24,26)/t20-/m0/s1. The van der Waals surface area contributed by atoms with Crippen LogP contribution in [0, 0.1) is 0 Å². The molecular weight excluding hydrogens is 402 g/mol. The predicted octanol–water partition coefficient (Wildman–Crippen LogP) is 4.98. The fraction of sp³-hybridized carbons (Fsp3) is 0.545. The van der Waals surface area contributed by atoms with Crippen LogP contribution in [-0.2, 0) is 0 Å². The average molecular weight is 432 g/mol. The third kappa shape index (κ3) is 3.73. The lowest BCUT2D eigenvalue weighted by Gasteiger charge is -2.24. The van der Waals surface area contributed by atoms with Crippen molar-refractivity contribution < 1.29 is 14.2 Å². The summed E-state index contributed by atoms with van der Waals surface area (Å²) in [5.74, 6) is 2.46. The first-order valence-electron chi connectivity index (χ1n) is 10.4. The molecule has 0 amide bonds. The van der Waals surface area contributed by atoms with Gasteiger partial charge in [0.15, 0.2) is 17.3 Å². The summed E-state index contributed by atoms with van der Waals surface area (Å²) in [6, 6.07) is 4.14. The van der Waals surface area contributed by atoms with Crippen molar-refractivity contribution in [2.75, 3.05) is 21.3 Å². The van der Waals surface area contributed by atoms with Crippen molar-refractivity contribution in [2.45, 2.75) is 56.7 Å². The van der Waals surface area contributed by atoms with Crippen LogP contribution in [0.2, 0.25) is 0 Å². The van der Waals surface area contributed by atoms with E-state index in [9.17, 15) is 4.79 Å². The van der Waals surface area contributed by atoms with E-state index in [1.165, 1.54) is 25.7 Å². The molecule has 2 aromatic rings. The second-order valence-electron chi connectivity index (χ2n) is 7.78. The number of hydrogen-bond donors (Lipinski definition) is 1. The average Bonchev–Trinajstić information content (AvgIpc) is 2.93. The lowest BCUT2D eigenvalue weighted by molar-refractivity contribution is 0.324. The summed E-state index contributed by atoms with van der Waals surface area (Å²) in [6.07, 6.45) is 7.05. The van der Waals surface area contributed by atoms with E-state index in [0.717, 1.165) is 29.3 Å². The molecule has 1 aromatic carbocycles. The summed E-state index contributed by atoms with van der Waals surface area (Å²) in [5, 5.41) is 3.85. The first-order valence-corrected chi connectivity index (χ1v) is 11.3. The van der Waals surface area contributed by atoms with Gasteiger partial charge in [-0.25, -0.2) is 4.99 Å². The van der Waals surface area contributed by atoms with Gasteiger partial charge in [-0.1, -0.05) is 37.4 Å². The van der Waals surface area contributed by atoms with Gasteiger partial charge in [-0.05, 0) is 37.5 Å². The maximum absolute atomic E-state index is 13.1. The van der Waals surface area contributed by atoms with Crippen LogP contribution in [0.15, 0.2) is 21.9 Å². The second-order valence-corrected chi connectivity index (χ2v) is 9.08. The Hall–Kier alpha value is -2.35. The van der Waals surface area contributed by atoms with Crippen molar-refractivity contribution in [3.63, 3.8) is 0 Å². The summed E-state index contributed by atoms with van der Waals surface area (Å²) in [6.45, 7) is 1.99. The highest BCUT2D eigenvalue weighted by Crippen LogP contribution is 2.48. The summed E-state index contributed by atoms with van der Waals surface area (Å²) in [5.41, 5.74) is 1.55. The molecule has 0 bridgehead atoms. The number of H-pyrrole nitrogens is 1. The first kappa shape index (κ1) is 20.9. The number of benzene rings is 1. The van der Waals surface area contributed by atoms with E-state index >= 15 is 0 Å². The Morgan fingerprint density at radius 2 is 1.67 bits per heavy atom. The van der Waals surface area contributed by atoms with Crippen LogP contribution >= 0.6 is 11.8 Å². The molecule has 30 heavy (non-hydrogen) atoms. The number of thioether (sulfide) groups is 1. The maximum Gasteiger partial charge on any atom is 0.271 e. The number of fused-ring (bicyclic) bond motifs is 1. The summed E-state index contributed by atoms with van der Waals surface area (Å²) in [7, 11) is 4.78. The third-order valence-corrected chi connectivity index (χ3v) is 7.11. The molecule has 0 radical (unpaired) electrons. The van der Waals surface area contributed by atoms with E-state index in [4.69, 9.17) is 19.2 Å². The minimum Gasteiger partial charge on any atom is -0.493 e. The van der Waals surface area contributed by atoms with Crippen molar-refractivity contribution in [1.29, 1.82) is 0 Å². The molecule has 0 unspecified atom stereocenters. The zero-order chi connectivity index (χ0) is 21.3. The van der Waals surface area contributed by atoms with Crippen LogP contribution in [-0.4, -0.2) is 36.2 Å². The highest BCUT2D eigenvalue weighted by Gasteiger charge is 2.33. The minimum atomic E-state index is -0.193. The Balaban J connectivity index is 1.82. The summed E-state index contributed by atoms with van der Waals surface area (Å²) >= 11 is 1.58. The molecular formula is C22H29N3O4S. The van der Waals surface area contributed by atoms with Gasteiger partial charge < -0.3 is 14.2 Å². The molecule has 8 heteroatoms. The van der Waals surface area contributed by atoms with E-state index in [1.807, 2.05) is 23.7 Å². The lowest BCUT2D eigenvalue weighted by atomic mass is 10.0. The molecule has 0 spiro atoms. The number of aromatic amines is 1. The van der Waals surface area contributed by atoms with Crippen LogP contribution in [0.5, 0.6) is 17.2 Å². The van der Waals surface area contributed by atoms with Crippen molar-refractivity contribution in [3.8, 4) is 17.2 Å². The molecule has 1 aromatic heterocycles. The van der Waals surface area contributed by atoms with E-state index in [0.29, 0.717) is 28.9 Å². The van der Waals surface area contributed by atoms with E-state index in [-0.39, 0.29) is 10.8 Å². The van der Waals surface area contributed by atoms with Crippen molar-refractivity contribution in [3.05, 3.63) is 33.6 Å². The predicted molar refractivity (Wildman–Crippen MR) is 120 cm³/mol. The van der Waals surface area contributed by atoms with Gasteiger partial charge in [-0.2, -0.15) is 0 Å². The molecule has 2 heterocycles. The Morgan fingerprint density at radius 1 is 1.03 bits per heavy atom. The number of aromatic nitrogens is 2. The van der Waals surface area contributed by atoms with Crippen LogP contribution in [0.3, 0.4) is 0 Å². The molecule has 4 rings (SSSR count). The number of aliphatic imine (C=N–C) groups is 1. The number of nitrogens with one attached hydrogen (secondary N) is 1. The van der Waals surface area contributed by atoms with Gasteiger partial charge in [0.2, 0.25) is 5.75 Å². The number of rotatable bonds is 5. The Morgan fingerprint density at radius 3 is 2.23 bits per heavy atom. The Labute approximate surface area is 180 Å². The first-order chi connectivity index (χ1) is 14.6. The van der Waals surface area contributed by atoms with Crippen LogP contribution < -0.4 is 19.8 Å². The van der Waals surface area contributed by atoms with Gasteiger partial charge in [-0.15, -0.1) is 0 Å². The van der Waals surface area contributed by atoms with E-state index < -0.39 is 0 Å². The molecule has 1 saturated carbocycles. The fourth-order valence-corrected chi connectivity index (χ4v) is 5.56. The molecule has 2 aliphatic rings. The van der Waals surface area contributed by atoms with Gasteiger partial charge in [0.05, 0.1) is 43.2 Å². The molecule has 1 aliphatic carbocycles. The van der Waals surface area contributed by atoms with Gasteiger partial charge >= 0.3 is 0 Å².